The number of nitrogens with one attached hydrogen (secondary N) is 1. The maximum atomic E-state index is 5.27. The van der Waals surface area contributed by atoms with Crippen LogP contribution in [-0.2, 0) is 0 Å². The number of ether oxygens (including phenoxy) is 1. The third-order valence-electron chi connectivity index (χ3n) is 2.57. The van der Waals surface area contributed by atoms with Crippen LogP contribution in [0.2, 0.25) is 0 Å². The van der Waals surface area contributed by atoms with E-state index in [0.717, 1.165) is 30.0 Å². The lowest BCUT2D eigenvalue weighted by atomic mass is 10.1. The lowest BCUT2D eigenvalue weighted by Crippen LogP contribution is -2.17. The van der Waals surface area contributed by atoms with Crippen molar-refractivity contribution in [3.05, 3.63) is 18.0 Å². The fourth-order valence-corrected chi connectivity index (χ4v) is 1.54. The third kappa shape index (κ3) is 3.11. The van der Waals surface area contributed by atoms with Gasteiger partial charge in [-0.05, 0) is 25.8 Å². The van der Waals surface area contributed by atoms with E-state index in [9.17, 15) is 0 Å². The summed E-state index contributed by atoms with van der Waals surface area (Å²) in [5.41, 5.74) is 2.04. The van der Waals surface area contributed by atoms with E-state index in [1.54, 1.807) is 13.3 Å². The topological polar surface area (TPSA) is 34.2 Å². The van der Waals surface area contributed by atoms with Crippen LogP contribution in [0, 0.1) is 6.92 Å². The molecular formula is C12H20N2O. The molecule has 0 unspecified atom stereocenters. The van der Waals surface area contributed by atoms with Crippen LogP contribution in [0.1, 0.15) is 32.4 Å². The first-order valence-corrected chi connectivity index (χ1v) is 5.48. The van der Waals surface area contributed by atoms with Gasteiger partial charge in [-0.15, -0.1) is 0 Å². The molecule has 3 heteroatoms. The number of hydrogen-bond acceptors (Lipinski definition) is 3. The fraction of sp³-hybridized carbons (Fsp3) is 0.583. The molecule has 84 valence electrons. The molecule has 3 nitrogen and oxygen atoms in total. The van der Waals surface area contributed by atoms with E-state index in [4.69, 9.17) is 4.74 Å². The predicted molar refractivity (Wildman–Crippen MR) is 63.5 cm³/mol. The second kappa shape index (κ2) is 5.59. The van der Waals surface area contributed by atoms with Crippen LogP contribution >= 0.6 is 0 Å². The number of aromatic nitrogens is 1. The highest BCUT2D eigenvalue weighted by atomic mass is 16.5. The first-order valence-electron chi connectivity index (χ1n) is 5.48. The molecule has 0 saturated heterocycles. The van der Waals surface area contributed by atoms with E-state index in [1.807, 2.05) is 13.0 Å². The molecule has 0 bridgehead atoms. The number of anilines is 1. The normalized spacial score (nSPS) is 10.5. The third-order valence-corrected chi connectivity index (χ3v) is 2.57. The van der Waals surface area contributed by atoms with Gasteiger partial charge in [-0.1, -0.05) is 13.8 Å². The number of methoxy groups -OCH3 is 1. The molecule has 0 saturated carbocycles. The molecule has 0 spiro atoms. The Morgan fingerprint density at radius 3 is 2.60 bits per heavy atom. The zero-order valence-electron chi connectivity index (χ0n) is 10.0. The molecule has 1 aromatic rings. The average molecular weight is 208 g/mol. The molecule has 15 heavy (non-hydrogen) atoms. The Hall–Kier alpha value is -1.25. The van der Waals surface area contributed by atoms with Crippen molar-refractivity contribution in [2.45, 2.75) is 39.7 Å². The first kappa shape index (κ1) is 11.8. The highest BCUT2D eigenvalue weighted by molar-refractivity contribution is 5.56. The summed E-state index contributed by atoms with van der Waals surface area (Å²) in [4.78, 5) is 4.20. The van der Waals surface area contributed by atoms with Gasteiger partial charge in [-0.3, -0.25) is 4.98 Å². The van der Waals surface area contributed by atoms with E-state index in [2.05, 4.69) is 24.1 Å². The molecule has 0 aliphatic heterocycles. The summed E-state index contributed by atoms with van der Waals surface area (Å²) in [6.07, 6.45) is 3.99. The summed E-state index contributed by atoms with van der Waals surface area (Å²) in [6, 6.07) is 2.53. The number of hydrogen-bond donors (Lipinski definition) is 1. The molecular weight excluding hydrogens is 188 g/mol. The van der Waals surface area contributed by atoms with Crippen LogP contribution in [0.15, 0.2) is 12.3 Å². The Morgan fingerprint density at radius 2 is 2.07 bits per heavy atom. The molecule has 0 radical (unpaired) electrons. The Labute approximate surface area is 91.9 Å². The van der Waals surface area contributed by atoms with E-state index >= 15 is 0 Å². The van der Waals surface area contributed by atoms with Crippen molar-refractivity contribution in [2.75, 3.05) is 12.4 Å². The minimum Gasteiger partial charge on any atom is -0.493 e. The van der Waals surface area contributed by atoms with Crippen molar-refractivity contribution in [1.82, 2.24) is 4.98 Å². The molecule has 1 N–H and O–H groups in total. The Balaban J connectivity index is 2.86. The van der Waals surface area contributed by atoms with Gasteiger partial charge >= 0.3 is 0 Å². The Kier molecular flexibility index (Phi) is 4.40. The highest BCUT2D eigenvalue weighted by Crippen LogP contribution is 2.25. The summed E-state index contributed by atoms with van der Waals surface area (Å²) < 4.78 is 5.27. The quantitative estimate of drug-likeness (QED) is 0.807. The summed E-state index contributed by atoms with van der Waals surface area (Å²) in [5, 5.41) is 3.47. The van der Waals surface area contributed by atoms with Gasteiger partial charge < -0.3 is 10.1 Å². The van der Waals surface area contributed by atoms with Gasteiger partial charge in [0.2, 0.25) is 0 Å². The van der Waals surface area contributed by atoms with Crippen LogP contribution in [0.25, 0.3) is 0 Å². The second-order valence-electron chi connectivity index (χ2n) is 3.68. The van der Waals surface area contributed by atoms with Crippen LogP contribution < -0.4 is 10.1 Å². The number of nitrogens with zero attached hydrogens (tertiary/aromatic N) is 1. The van der Waals surface area contributed by atoms with Crippen molar-refractivity contribution in [2.24, 2.45) is 0 Å². The van der Waals surface area contributed by atoms with Crippen LogP contribution in [0.3, 0.4) is 0 Å². The van der Waals surface area contributed by atoms with Gasteiger partial charge in [0, 0.05) is 11.7 Å². The minimum atomic E-state index is 0.501. The van der Waals surface area contributed by atoms with Crippen LogP contribution in [0.5, 0.6) is 5.75 Å². The lowest BCUT2D eigenvalue weighted by Gasteiger charge is -2.18. The zero-order chi connectivity index (χ0) is 11.3. The van der Waals surface area contributed by atoms with Gasteiger partial charge in [-0.2, -0.15) is 0 Å². The van der Waals surface area contributed by atoms with Crippen molar-refractivity contribution >= 4 is 5.69 Å². The first-order chi connectivity index (χ1) is 7.21. The summed E-state index contributed by atoms with van der Waals surface area (Å²) >= 11 is 0. The molecule has 0 aliphatic carbocycles. The molecule has 1 rings (SSSR count). The van der Waals surface area contributed by atoms with Gasteiger partial charge in [0.05, 0.1) is 19.0 Å². The summed E-state index contributed by atoms with van der Waals surface area (Å²) in [7, 11) is 1.67. The van der Waals surface area contributed by atoms with Gasteiger partial charge in [0.1, 0.15) is 0 Å². The number of aryl methyl sites for hydroxylation is 1. The predicted octanol–water partition coefficient (Wildman–Crippen LogP) is 3.00. The van der Waals surface area contributed by atoms with Gasteiger partial charge in [0.25, 0.3) is 0 Å². The van der Waals surface area contributed by atoms with Crippen molar-refractivity contribution < 1.29 is 4.74 Å². The minimum absolute atomic E-state index is 0.501. The molecule has 0 amide bonds. The molecule has 0 aliphatic rings. The van der Waals surface area contributed by atoms with E-state index in [0.29, 0.717) is 6.04 Å². The largest absolute Gasteiger partial charge is 0.493 e. The van der Waals surface area contributed by atoms with Crippen molar-refractivity contribution in [3.8, 4) is 5.75 Å². The smallest absolute Gasteiger partial charge is 0.160 e. The van der Waals surface area contributed by atoms with E-state index < -0.39 is 0 Å². The monoisotopic (exact) mass is 208 g/mol. The summed E-state index contributed by atoms with van der Waals surface area (Å²) in [6.45, 7) is 6.35. The van der Waals surface area contributed by atoms with Crippen molar-refractivity contribution in [1.29, 1.82) is 0 Å². The highest BCUT2D eigenvalue weighted by Gasteiger charge is 2.08. The van der Waals surface area contributed by atoms with Crippen LogP contribution in [-0.4, -0.2) is 18.1 Å². The lowest BCUT2D eigenvalue weighted by molar-refractivity contribution is 0.413. The van der Waals surface area contributed by atoms with Crippen molar-refractivity contribution in [3.63, 3.8) is 0 Å². The maximum Gasteiger partial charge on any atom is 0.160 e. The molecule has 0 aromatic carbocycles. The number of pyridine rings is 1. The Morgan fingerprint density at radius 1 is 1.40 bits per heavy atom. The fourth-order valence-electron chi connectivity index (χ4n) is 1.54. The Bertz CT molecular complexity index is 308. The van der Waals surface area contributed by atoms with Gasteiger partial charge in [0.15, 0.2) is 5.75 Å². The molecule has 1 aromatic heterocycles. The standard InChI is InChI=1S/C12H20N2O/c1-5-10(6-2)14-11-7-9(3)13-8-12(11)15-4/h7-8,10H,5-6H2,1-4H3,(H,13,14). The molecule has 0 atom stereocenters. The summed E-state index contributed by atoms with van der Waals surface area (Å²) in [5.74, 6) is 0.813. The average Bonchev–Trinajstić information content (AvgIpc) is 2.26. The van der Waals surface area contributed by atoms with Crippen LogP contribution in [0.4, 0.5) is 5.69 Å². The molecule has 1 heterocycles. The number of rotatable bonds is 5. The van der Waals surface area contributed by atoms with E-state index in [1.165, 1.54) is 0 Å². The zero-order valence-corrected chi connectivity index (χ0v) is 10.0. The molecule has 0 fully saturated rings. The SMILES string of the molecule is CCC(CC)Nc1cc(C)ncc1OC. The van der Waals surface area contributed by atoms with E-state index in [-0.39, 0.29) is 0 Å². The van der Waals surface area contributed by atoms with Gasteiger partial charge in [-0.25, -0.2) is 0 Å². The second-order valence-corrected chi connectivity index (χ2v) is 3.68. The maximum absolute atomic E-state index is 5.27.